The fourth-order valence-corrected chi connectivity index (χ4v) is 4.34. The number of thiophene rings is 1. The van der Waals surface area contributed by atoms with Gasteiger partial charge in [-0.05, 0) is 29.9 Å². The number of piperidine rings is 1. The van der Waals surface area contributed by atoms with Crippen molar-refractivity contribution in [1.82, 2.24) is 15.1 Å². The third-order valence-corrected chi connectivity index (χ3v) is 6.07. The molecule has 0 bridgehead atoms. The number of nitrogens with one attached hydrogen (secondary N) is 1. The number of hydrogen-bond donors (Lipinski definition) is 2. The van der Waals surface area contributed by atoms with Gasteiger partial charge in [0.15, 0.2) is 0 Å². The van der Waals surface area contributed by atoms with Crippen LogP contribution in [0.3, 0.4) is 0 Å². The Labute approximate surface area is 142 Å². The summed E-state index contributed by atoms with van der Waals surface area (Å²) in [4.78, 5) is 18.1. The average molecular weight is 337 g/mol. The summed E-state index contributed by atoms with van der Waals surface area (Å²) in [5.74, 6) is 0. The van der Waals surface area contributed by atoms with E-state index in [1.54, 1.807) is 0 Å². The van der Waals surface area contributed by atoms with E-state index in [0.29, 0.717) is 26.1 Å². The second-order valence-corrected chi connectivity index (χ2v) is 8.34. The standard InChI is InChI=1S/C17H27N3O2S/c1-17(2)12-20(8-4-15(17)21)16(22)18-6-9-19-7-3-14-13(11-19)5-10-23-14/h5,10,15,21H,3-4,6-9,11-12H2,1-2H3,(H,18,22). The van der Waals surface area contributed by atoms with E-state index in [0.717, 1.165) is 26.1 Å². The molecule has 6 heteroatoms. The van der Waals surface area contributed by atoms with E-state index in [4.69, 9.17) is 0 Å². The molecule has 1 unspecified atom stereocenters. The normalized spacial score (nSPS) is 24.3. The van der Waals surface area contributed by atoms with Crippen LogP contribution < -0.4 is 5.32 Å². The van der Waals surface area contributed by atoms with Crippen molar-refractivity contribution in [2.24, 2.45) is 5.41 Å². The van der Waals surface area contributed by atoms with E-state index in [-0.39, 0.29) is 17.6 Å². The Hall–Kier alpha value is -1.11. The zero-order valence-corrected chi connectivity index (χ0v) is 14.9. The van der Waals surface area contributed by atoms with Gasteiger partial charge in [-0.2, -0.15) is 0 Å². The van der Waals surface area contributed by atoms with Crippen LogP contribution in [0.25, 0.3) is 0 Å². The van der Waals surface area contributed by atoms with Gasteiger partial charge in [0.25, 0.3) is 0 Å². The lowest BCUT2D eigenvalue weighted by Crippen LogP contribution is -2.54. The second-order valence-electron chi connectivity index (χ2n) is 7.34. The van der Waals surface area contributed by atoms with Crippen molar-refractivity contribution in [2.45, 2.75) is 39.3 Å². The first-order chi connectivity index (χ1) is 11.0. The molecule has 5 nitrogen and oxygen atoms in total. The Morgan fingerprint density at radius 2 is 2.30 bits per heavy atom. The number of fused-ring (bicyclic) bond motifs is 1. The summed E-state index contributed by atoms with van der Waals surface area (Å²) in [6.07, 6.45) is 1.46. The number of carbonyl (C=O) groups is 1. The lowest BCUT2D eigenvalue weighted by atomic mass is 9.81. The van der Waals surface area contributed by atoms with Crippen LogP contribution in [0.15, 0.2) is 11.4 Å². The fraction of sp³-hybridized carbons (Fsp3) is 0.706. The lowest BCUT2D eigenvalue weighted by Gasteiger charge is -2.41. The van der Waals surface area contributed by atoms with Crippen molar-refractivity contribution in [3.8, 4) is 0 Å². The molecule has 2 N–H and O–H groups in total. The monoisotopic (exact) mass is 337 g/mol. The maximum Gasteiger partial charge on any atom is 0.317 e. The Bertz CT molecular complexity index is 558. The van der Waals surface area contributed by atoms with E-state index in [9.17, 15) is 9.90 Å². The van der Waals surface area contributed by atoms with E-state index in [1.165, 1.54) is 10.4 Å². The lowest BCUT2D eigenvalue weighted by molar-refractivity contribution is -0.0114. The molecule has 0 saturated carbocycles. The molecule has 23 heavy (non-hydrogen) atoms. The number of urea groups is 1. The third kappa shape index (κ3) is 3.87. The molecule has 1 aromatic rings. The first kappa shape index (κ1) is 16.7. The Morgan fingerprint density at radius 1 is 1.48 bits per heavy atom. The molecule has 0 spiro atoms. The first-order valence-electron chi connectivity index (χ1n) is 8.44. The van der Waals surface area contributed by atoms with Crippen LogP contribution >= 0.6 is 11.3 Å². The minimum Gasteiger partial charge on any atom is -0.392 e. The van der Waals surface area contributed by atoms with Gasteiger partial charge in [-0.25, -0.2) is 4.79 Å². The van der Waals surface area contributed by atoms with Crippen LogP contribution in [0, 0.1) is 5.41 Å². The van der Waals surface area contributed by atoms with Crippen molar-refractivity contribution in [2.75, 3.05) is 32.7 Å². The minimum absolute atomic E-state index is 0.00166. The van der Waals surface area contributed by atoms with E-state index in [1.807, 2.05) is 30.1 Å². The zero-order valence-electron chi connectivity index (χ0n) is 14.0. The number of aliphatic hydroxyl groups is 1. The summed E-state index contributed by atoms with van der Waals surface area (Å²) in [6.45, 7) is 8.93. The maximum atomic E-state index is 12.3. The molecule has 2 aliphatic rings. The second kappa shape index (κ2) is 6.79. The van der Waals surface area contributed by atoms with Gasteiger partial charge in [0, 0.05) is 49.6 Å². The van der Waals surface area contributed by atoms with Crippen molar-refractivity contribution < 1.29 is 9.90 Å². The smallest absolute Gasteiger partial charge is 0.317 e. The highest BCUT2D eigenvalue weighted by Gasteiger charge is 2.36. The highest BCUT2D eigenvalue weighted by molar-refractivity contribution is 7.10. The molecular weight excluding hydrogens is 310 g/mol. The van der Waals surface area contributed by atoms with E-state index >= 15 is 0 Å². The van der Waals surface area contributed by atoms with Crippen molar-refractivity contribution in [3.63, 3.8) is 0 Å². The molecule has 0 aromatic carbocycles. The summed E-state index contributed by atoms with van der Waals surface area (Å²) in [6, 6.07) is 2.21. The number of likely N-dealkylation sites (tertiary alicyclic amines) is 1. The van der Waals surface area contributed by atoms with Gasteiger partial charge in [0.2, 0.25) is 0 Å². The van der Waals surface area contributed by atoms with Gasteiger partial charge in [0.05, 0.1) is 6.10 Å². The van der Waals surface area contributed by atoms with Crippen LogP contribution in [0.2, 0.25) is 0 Å². The highest BCUT2D eigenvalue weighted by atomic mass is 32.1. The van der Waals surface area contributed by atoms with Crippen molar-refractivity contribution in [3.05, 3.63) is 21.9 Å². The van der Waals surface area contributed by atoms with Gasteiger partial charge in [0.1, 0.15) is 0 Å². The number of aliphatic hydroxyl groups excluding tert-OH is 1. The highest BCUT2D eigenvalue weighted by Crippen LogP contribution is 2.29. The number of carbonyl (C=O) groups excluding carboxylic acids is 1. The van der Waals surface area contributed by atoms with Crippen LogP contribution in [-0.4, -0.2) is 59.8 Å². The van der Waals surface area contributed by atoms with Gasteiger partial charge >= 0.3 is 6.03 Å². The SMILES string of the molecule is CC1(C)CN(C(=O)NCCN2CCc3sccc3C2)CCC1O. The minimum atomic E-state index is -0.320. The zero-order chi connectivity index (χ0) is 16.4. The summed E-state index contributed by atoms with van der Waals surface area (Å²) in [7, 11) is 0. The van der Waals surface area contributed by atoms with Gasteiger partial charge in [-0.3, -0.25) is 4.90 Å². The van der Waals surface area contributed by atoms with Crippen LogP contribution in [-0.2, 0) is 13.0 Å². The summed E-state index contributed by atoms with van der Waals surface area (Å²) < 4.78 is 0. The van der Waals surface area contributed by atoms with Crippen LogP contribution in [0.1, 0.15) is 30.7 Å². The fourth-order valence-electron chi connectivity index (χ4n) is 3.45. The molecule has 1 atom stereocenters. The Kier molecular flexibility index (Phi) is 4.94. The molecule has 0 radical (unpaired) electrons. The molecule has 2 amide bonds. The number of hydrogen-bond acceptors (Lipinski definition) is 4. The molecule has 0 aliphatic carbocycles. The van der Waals surface area contributed by atoms with Gasteiger partial charge in [-0.1, -0.05) is 13.8 Å². The predicted octanol–water partition coefficient (Wildman–Crippen LogP) is 1.91. The maximum absolute atomic E-state index is 12.3. The van der Waals surface area contributed by atoms with E-state index in [2.05, 4.69) is 21.7 Å². The Balaban J connectivity index is 1.42. The molecule has 3 rings (SSSR count). The number of rotatable bonds is 3. The molecular formula is C17H27N3O2S. The predicted molar refractivity (Wildman–Crippen MR) is 92.7 cm³/mol. The first-order valence-corrected chi connectivity index (χ1v) is 9.32. The van der Waals surface area contributed by atoms with Gasteiger partial charge in [-0.15, -0.1) is 11.3 Å². The summed E-state index contributed by atoms with van der Waals surface area (Å²) >= 11 is 1.85. The molecule has 128 valence electrons. The largest absolute Gasteiger partial charge is 0.392 e. The summed E-state index contributed by atoms with van der Waals surface area (Å²) in [5, 5.41) is 15.2. The van der Waals surface area contributed by atoms with Crippen molar-refractivity contribution >= 4 is 17.4 Å². The average Bonchev–Trinajstić information content (AvgIpc) is 2.97. The van der Waals surface area contributed by atoms with Crippen molar-refractivity contribution in [1.29, 1.82) is 0 Å². The Morgan fingerprint density at radius 3 is 3.09 bits per heavy atom. The quantitative estimate of drug-likeness (QED) is 0.886. The molecule has 2 aliphatic heterocycles. The van der Waals surface area contributed by atoms with Crippen LogP contribution in [0.4, 0.5) is 4.79 Å². The van der Waals surface area contributed by atoms with Gasteiger partial charge < -0.3 is 15.3 Å². The molecule has 1 aromatic heterocycles. The van der Waals surface area contributed by atoms with Crippen LogP contribution in [0.5, 0.6) is 0 Å². The topological polar surface area (TPSA) is 55.8 Å². The number of nitrogens with zero attached hydrogens (tertiary/aromatic N) is 2. The number of amides is 2. The molecule has 1 saturated heterocycles. The van der Waals surface area contributed by atoms with E-state index < -0.39 is 0 Å². The summed E-state index contributed by atoms with van der Waals surface area (Å²) in [5.41, 5.74) is 1.22. The third-order valence-electron chi connectivity index (χ3n) is 5.05. The molecule has 3 heterocycles. The molecule has 1 fully saturated rings.